The fourth-order valence-corrected chi connectivity index (χ4v) is 2.97. The van der Waals surface area contributed by atoms with E-state index in [4.69, 9.17) is 4.74 Å². The maximum Gasteiger partial charge on any atom is 0.260 e. The molecule has 0 aliphatic rings. The number of hydrogen-bond acceptors (Lipinski definition) is 5. The lowest BCUT2D eigenvalue weighted by molar-refractivity contribution is 0.102. The number of anilines is 1. The summed E-state index contributed by atoms with van der Waals surface area (Å²) in [5, 5.41) is 7.12. The first-order valence-corrected chi connectivity index (χ1v) is 7.25. The third kappa shape index (κ3) is 2.41. The van der Waals surface area contributed by atoms with Gasteiger partial charge in [-0.2, -0.15) is 5.10 Å². The second-order valence-electron chi connectivity index (χ2n) is 4.70. The van der Waals surface area contributed by atoms with Crippen LogP contribution in [-0.4, -0.2) is 27.8 Å². The topological polar surface area (TPSA) is 69.0 Å². The van der Waals surface area contributed by atoms with Crippen LogP contribution in [-0.2, 0) is 7.05 Å². The first kappa shape index (κ1) is 14.5. The van der Waals surface area contributed by atoms with Gasteiger partial charge in [0.1, 0.15) is 17.1 Å². The number of hydrogen-bond donors (Lipinski definition) is 1. The van der Waals surface area contributed by atoms with Crippen molar-refractivity contribution in [2.45, 2.75) is 6.92 Å². The molecule has 6 nitrogen and oxygen atoms in total. The van der Waals surface area contributed by atoms with Crippen molar-refractivity contribution in [1.82, 2.24) is 14.8 Å². The summed E-state index contributed by atoms with van der Waals surface area (Å²) in [5.74, 6) is -0.373. The summed E-state index contributed by atoms with van der Waals surface area (Å²) in [6.45, 7) is 1.80. The van der Waals surface area contributed by atoms with Crippen LogP contribution in [0.5, 0.6) is 5.75 Å². The minimum absolute atomic E-state index is 0.302. The fraction of sp³-hybridized carbons (Fsp3) is 0.214. The Labute approximate surface area is 129 Å². The minimum Gasteiger partial charge on any atom is -0.494 e. The molecule has 2 heterocycles. The number of ether oxygens (including phenoxy) is 1. The number of carbonyl (C=O) groups is 1. The summed E-state index contributed by atoms with van der Waals surface area (Å²) < 4.78 is 20.8. The Balaban J connectivity index is 1.94. The highest BCUT2D eigenvalue weighted by Crippen LogP contribution is 2.33. The van der Waals surface area contributed by atoms with Gasteiger partial charge in [-0.3, -0.25) is 14.8 Å². The van der Waals surface area contributed by atoms with E-state index in [0.29, 0.717) is 26.7 Å². The summed E-state index contributed by atoms with van der Waals surface area (Å²) in [6, 6.07) is 2.62. The quantitative estimate of drug-likeness (QED) is 0.805. The first-order valence-electron chi connectivity index (χ1n) is 6.43. The highest BCUT2D eigenvalue weighted by atomic mass is 32.1. The lowest BCUT2D eigenvalue weighted by Gasteiger charge is -2.01. The minimum atomic E-state index is -0.408. The van der Waals surface area contributed by atoms with Crippen LogP contribution in [0, 0.1) is 12.7 Å². The van der Waals surface area contributed by atoms with E-state index in [9.17, 15) is 9.18 Å². The first-order chi connectivity index (χ1) is 10.5. The second kappa shape index (κ2) is 5.38. The number of nitrogens with zero attached hydrogens (tertiary/aromatic N) is 3. The van der Waals surface area contributed by atoms with Crippen LogP contribution < -0.4 is 10.1 Å². The van der Waals surface area contributed by atoms with Crippen molar-refractivity contribution in [2.24, 2.45) is 7.05 Å². The van der Waals surface area contributed by atoms with Crippen molar-refractivity contribution in [3.63, 3.8) is 0 Å². The van der Waals surface area contributed by atoms with E-state index < -0.39 is 5.82 Å². The van der Waals surface area contributed by atoms with Crippen LogP contribution in [0.4, 0.5) is 9.52 Å². The zero-order valence-electron chi connectivity index (χ0n) is 12.2. The average molecular weight is 320 g/mol. The molecule has 3 aromatic rings. The predicted octanol–water partition coefficient (Wildman–Crippen LogP) is 2.74. The van der Waals surface area contributed by atoms with Crippen molar-refractivity contribution >= 4 is 32.6 Å². The Morgan fingerprint density at radius 3 is 2.86 bits per heavy atom. The van der Waals surface area contributed by atoms with Gasteiger partial charge in [-0.25, -0.2) is 9.37 Å². The molecule has 2 aromatic heterocycles. The standard InChI is InChI=1S/C14H13FN4O2S/c1-7-9(6-16-19(7)2)13(20)18-14-17-12-10(21-3)4-8(15)5-11(12)22-14/h4-6H,1-3H3,(H,17,18,20). The van der Waals surface area contributed by atoms with Gasteiger partial charge in [0.15, 0.2) is 5.13 Å². The Morgan fingerprint density at radius 1 is 1.45 bits per heavy atom. The van der Waals surface area contributed by atoms with Crippen molar-refractivity contribution in [1.29, 1.82) is 0 Å². The van der Waals surface area contributed by atoms with Crippen LogP contribution >= 0.6 is 11.3 Å². The van der Waals surface area contributed by atoms with Crippen molar-refractivity contribution in [3.8, 4) is 5.75 Å². The number of methoxy groups -OCH3 is 1. The summed E-state index contributed by atoms with van der Waals surface area (Å²) >= 11 is 1.19. The average Bonchev–Trinajstić information content (AvgIpc) is 3.02. The molecule has 3 rings (SSSR count). The van der Waals surface area contributed by atoms with Crippen LogP contribution in [0.1, 0.15) is 16.1 Å². The normalized spacial score (nSPS) is 10.9. The molecule has 0 radical (unpaired) electrons. The zero-order valence-corrected chi connectivity index (χ0v) is 13.0. The molecular weight excluding hydrogens is 307 g/mol. The van der Waals surface area contributed by atoms with Gasteiger partial charge in [0, 0.05) is 18.8 Å². The SMILES string of the molecule is COc1cc(F)cc2sc(NC(=O)c3cnn(C)c3C)nc12. The van der Waals surface area contributed by atoms with Crippen LogP contribution in [0.15, 0.2) is 18.3 Å². The van der Waals surface area contributed by atoms with Gasteiger partial charge < -0.3 is 4.74 Å². The molecule has 0 aliphatic carbocycles. The number of benzene rings is 1. The maximum absolute atomic E-state index is 13.5. The van der Waals surface area contributed by atoms with E-state index in [-0.39, 0.29) is 5.91 Å². The Bertz CT molecular complexity index is 871. The molecule has 8 heteroatoms. The largest absolute Gasteiger partial charge is 0.494 e. The molecule has 114 valence electrons. The van der Waals surface area contributed by atoms with Crippen LogP contribution in [0.3, 0.4) is 0 Å². The third-order valence-electron chi connectivity index (χ3n) is 3.34. The molecule has 1 amide bonds. The van der Waals surface area contributed by atoms with E-state index in [0.717, 1.165) is 5.69 Å². The molecule has 22 heavy (non-hydrogen) atoms. The van der Waals surface area contributed by atoms with E-state index >= 15 is 0 Å². The molecule has 0 saturated carbocycles. The van der Waals surface area contributed by atoms with Gasteiger partial charge in [-0.1, -0.05) is 11.3 Å². The number of amides is 1. The predicted molar refractivity (Wildman–Crippen MR) is 82.0 cm³/mol. The van der Waals surface area contributed by atoms with Gasteiger partial charge in [0.2, 0.25) is 0 Å². The molecular formula is C14H13FN4O2S. The smallest absolute Gasteiger partial charge is 0.260 e. The van der Waals surface area contributed by atoms with E-state index in [2.05, 4.69) is 15.4 Å². The fourth-order valence-electron chi connectivity index (χ4n) is 2.06. The number of rotatable bonds is 3. The molecule has 0 atom stereocenters. The number of halogens is 1. The summed E-state index contributed by atoms with van der Waals surface area (Å²) in [5.41, 5.74) is 1.74. The van der Waals surface area contributed by atoms with E-state index in [1.165, 1.54) is 36.8 Å². The monoisotopic (exact) mass is 320 g/mol. The Morgan fingerprint density at radius 2 is 2.23 bits per heavy atom. The number of thiazole rings is 1. The van der Waals surface area contributed by atoms with E-state index in [1.54, 1.807) is 18.7 Å². The van der Waals surface area contributed by atoms with Gasteiger partial charge in [0.05, 0.1) is 23.6 Å². The molecule has 0 bridgehead atoms. The number of carbonyl (C=O) groups excluding carboxylic acids is 1. The highest BCUT2D eigenvalue weighted by Gasteiger charge is 2.16. The third-order valence-corrected chi connectivity index (χ3v) is 4.26. The highest BCUT2D eigenvalue weighted by molar-refractivity contribution is 7.22. The van der Waals surface area contributed by atoms with Gasteiger partial charge in [-0.05, 0) is 13.0 Å². The molecule has 0 unspecified atom stereocenters. The molecule has 0 aliphatic heterocycles. The van der Waals surface area contributed by atoms with Crippen molar-refractivity contribution in [2.75, 3.05) is 12.4 Å². The lowest BCUT2D eigenvalue weighted by atomic mass is 10.2. The number of aromatic nitrogens is 3. The van der Waals surface area contributed by atoms with Crippen molar-refractivity contribution < 1.29 is 13.9 Å². The van der Waals surface area contributed by atoms with Crippen LogP contribution in [0.25, 0.3) is 10.2 Å². The number of aryl methyl sites for hydroxylation is 1. The van der Waals surface area contributed by atoms with Crippen LogP contribution in [0.2, 0.25) is 0 Å². The summed E-state index contributed by atoms with van der Waals surface area (Å²) in [7, 11) is 3.21. The molecule has 0 spiro atoms. The molecule has 1 aromatic carbocycles. The maximum atomic E-state index is 13.5. The lowest BCUT2D eigenvalue weighted by Crippen LogP contribution is -2.12. The zero-order chi connectivity index (χ0) is 15.9. The summed E-state index contributed by atoms with van der Waals surface area (Å²) in [6.07, 6.45) is 1.50. The molecule has 1 N–H and O–H groups in total. The van der Waals surface area contributed by atoms with Crippen molar-refractivity contribution in [3.05, 3.63) is 35.4 Å². The number of nitrogens with one attached hydrogen (secondary N) is 1. The van der Waals surface area contributed by atoms with Gasteiger partial charge in [0.25, 0.3) is 5.91 Å². The van der Waals surface area contributed by atoms with Gasteiger partial charge in [-0.15, -0.1) is 0 Å². The second-order valence-corrected chi connectivity index (χ2v) is 5.73. The molecule has 0 saturated heterocycles. The van der Waals surface area contributed by atoms with E-state index in [1.807, 2.05) is 0 Å². The Kier molecular flexibility index (Phi) is 3.53. The number of fused-ring (bicyclic) bond motifs is 1. The van der Waals surface area contributed by atoms with Gasteiger partial charge >= 0.3 is 0 Å². The summed E-state index contributed by atoms with van der Waals surface area (Å²) in [4.78, 5) is 16.5. The Hall–Kier alpha value is -2.48. The molecule has 0 fully saturated rings.